The lowest BCUT2D eigenvalue weighted by atomic mass is 9.96. The summed E-state index contributed by atoms with van der Waals surface area (Å²) in [4.78, 5) is 4.25. The Morgan fingerprint density at radius 2 is 1.87 bits per heavy atom. The van der Waals surface area contributed by atoms with Crippen molar-refractivity contribution in [3.8, 4) is 0 Å². The first-order chi connectivity index (χ1) is 6.97. The highest BCUT2D eigenvalue weighted by Crippen LogP contribution is 2.24. The van der Waals surface area contributed by atoms with Crippen LogP contribution in [0.2, 0.25) is 0 Å². The van der Waals surface area contributed by atoms with Crippen LogP contribution in [0.4, 0.5) is 0 Å². The van der Waals surface area contributed by atoms with Crippen LogP contribution in [0, 0.1) is 6.92 Å². The van der Waals surface area contributed by atoms with E-state index in [-0.39, 0.29) is 0 Å². The van der Waals surface area contributed by atoms with Gasteiger partial charge in [-0.05, 0) is 43.9 Å². The van der Waals surface area contributed by atoms with E-state index in [1.165, 1.54) is 0 Å². The number of nitrogens with zero attached hydrogens (tertiary/aromatic N) is 1. The molecular weight excluding hydrogens is 186 g/mol. The molecule has 0 radical (unpaired) electrons. The highest BCUT2D eigenvalue weighted by atomic mass is 16.3. The molecule has 1 aromatic heterocycles. The molecule has 0 atom stereocenters. The highest BCUT2D eigenvalue weighted by Gasteiger charge is 2.15. The lowest BCUT2D eigenvalue weighted by molar-refractivity contribution is 0.0787. The summed E-state index contributed by atoms with van der Waals surface area (Å²) in [7, 11) is 0. The van der Waals surface area contributed by atoms with Crippen molar-refractivity contribution < 1.29 is 5.11 Å². The lowest BCUT2D eigenvalue weighted by Gasteiger charge is -2.18. The second kappa shape index (κ2) is 3.31. The van der Waals surface area contributed by atoms with Gasteiger partial charge in [-0.1, -0.05) is 12.1 Å². The Morgan fingerprint density at radius 3 is 2.53 bits per heavy atom. The number of aryl methyl sites for hydroxylation is 1. The molecule has 0 aliphatic heterocycles. The molecule has 0 saturated heterocycles. The van der Waals surface area contributed by atoms with Crippen molar-refractivity contribution in [3.05, 3.63) is 41.7 Å². The zero-order valence-electron chi connectivity index (χ0n) is 9.28. The lowest BCUT2D eigenvalue weighted by Crippen LogP contribution is -2.15. The van der Waals surface area contributed by atoms with Crippen LogP contribution in [0.15, 0.2) is 30.5 Å². The summed E-state index contributed by atoms with van der Waals surface area (Å²) in [5.41, 5.74) is 1.14. The summed E-state index contributed by atoms with van der Waals surface area (Å²) in [5, 5.41) is 12.1. The summed E-state index contributed by atoms with van der Waals surface area (Å²) >= 11 is 0. The molecule has 0 fully saturated rings. The Bertz CT molecular complexity index is 497. The molecule has 0 spiro atoms. The molecule has 1 heterocycles. The van der Waals surface area contributed by atoms with E-state index in [0.29, 0.717) is 0 Å². The van der Waals surface area contributed by atoms with Gasteiger partial charge in [0.1, 0.15) is 0 Å². The molecule has 0 aliphatic carbocycles. The zero-order valence-corrected chi connectivity index (χ0v) is 9.28. The van der Waals surface area contributed by atoms with Crippen LogP contribution in [0.1, 0.15) is 25.1 Å². The zero-order chi connectivity index (χ0) is 11.1. The Balaban J connectivity index is 2.62. The van der Waals surface area contributed by atoms with Crippen LogP contribution in [0.25, 0.3) is 10.8 Å². The minimum absolute atomic E-state index is 0.793. The van der Waals surface area contributed by atoms with Gasteiger partial charge in [-0.25, -0.2) is 0 Å². The maximum absolute atomic E-state index is 9.88. The molecule has 0 unspecified atom stereocenters. The number of pyridine rings is 1. The normalized spacial score (nSPS) is 12.0. The fourth-order valence-corrected chi connectivity index (χ4v) is 1.63. The van der Waals surface area contributed by atoms with Crippen LogP contribution in [0.3, 0.4) is 0 Å². The summed E-state index contributed by atoms with van der Waals surface area (Å²) in [6.45, 7) is 5.55. The summed E-state index contributed by atoms with van der Waals surface area (Å²) < 4.78 is 0. The van der Waals surface area contributed by atoms with Gasteiger partial charge in [0.05, 0.1) is 5.60 Å². The third-order valence-corrected chi connectivity index (χ3v) is 2.56. The van der Waals surface area contributed by atoms with Crippen molar-refractivity contribution in [2.24, 2.45) is 0 Å². The molecular formula is C13H15NO. The van der Waals surface area contributed by atoms with E-state index >= 15 is 0 Å². The first-order valence-electron chi connectivity index (χ1n) is 5.06. The topological polar surface area (TPSA) is 33.1 Å². The predicted octanol–water partition coefficient (Wildman–Crippen LogP) is 2.77. The second-order valence-electron chi connectivity index (χ2n) is 4.45. The molecule has 15 heavy (non-hydrogen) atoms. The van der Waals surface area contributed by atoms with Crippen LogP contribution >= 0.6 is 0 Å². The maximum atomic E-state index is 9.88. The van der Waals surface area contributed by atoms with Gasteiger partial charge in [0, 0.05) is 17.3 Å². The van der Waals surface area contributed by atoms with Crippen molar-refractivity contribution in [1.82, 2.24) is 4.98 Å². The molecule has 0 amide bonds. The number of benzene rings is 1. The number of hydrogen-bond donors (Lipinski definition) is 1. The molecule has 0 bridgehead atoms. The third-order valence-electron chi connectivity index (χ3n) is 2.56. The fraction of sp³-hybridized carbons (Fsp3) is 0.308. The SMILES string of the molecule is Cc1cc2ccc(C(C)(C)O)cc2cn1. The van der Waals surface area contributed by atoms with Crippen LogP contribution in [-0.2, 0) is 5.60 Å². The van der Waals surface area contributed by atoms with Gasteiger partial charge in [-0.2, -0.15) is 0 Å². The predicted molar refractivity (Wildman–Crippen MR) is 61.7 cm³/mol. The van der Waals surface area contributed by atoms with Gasteiger partial charge in [0.25, 0.3) is 0 Å². The molecule has 2 heteroatoms. The van der Waals surface area contributed by atoms with E-state index < -0.39 is 5.60 Å². The minimum Gasteiger partial charge on any atom is -0.386 e. The first kappa shape index (κ1) is 10.1. The van der Waals surface area contributed by atoms with Gasteiger partial charge < -0.3 is 5.11 Å². The highest BCUT2D eigenvalue weighted by molar-refractivity contribution is 5.82. The second-order valence-corrected chi connectivity index (χ2v) is 4.45. The Hall–Kier alpha value is -1.41. The Labute approximate surface area is 89.6 Å². The Kier molecular flexibility index (Phi) is 2.24. The maximum Gasteiger partial charge on any atom is 0.0840 e. The largest absolute Gasteiger partial charge is 0.386 e. The summed E-state index contributed by atoms with van der Waals surface area (Å²) in [6.07, 6.45) is 1.85. The molecule has 1 N–H and O–H groups in total. The molecule has 2 aromatic rings. The van der Waals surface area contributed by atoms with Crippen LogP contribution < -0.4 is 0 Å². The van der Waals surface area contributed by atoms with E-state index in [1.54, 1.807) is 13.8 Å². The Morgan fingerprint density at radius 1 is 1.13 bits per heavy atom. The van der Waals surface area contributed by atoms with Crippen molar-refractivity contribution >= 4 is 10.8 Å². The molecule has 78 valence electrons. The number of aliphatic hydroxyl groups is 1. The van der Waals surface area contributed by atoms with E-state index in [9.17, 15) is 5.11 Å². The molecule has 0 saturated carbocycles. The molecule has 2 rings (SSSR count). The fourth-order valence-electron chi connectivity index (χ4n) is 1.63. The molecule has 2 nitrogen and oxygen atoms in total. The van der Waals surface area contributed by atoms with E-state index in [0.717, 1.165) is 22.0 Å². The van der Waals surface area contributed by atoms with Crippen LogP contribution in [0.5, 0.6) is 0 Å². The standard InChI is InChI=1S/C13H15NO/c1-9-6-10-4-5-12(13(2,3)15)7-11(10)8-14-9/h4-8,15H,1-3H3. The number of hydrogen-bond acceptors (Lipinski definition) is 2. The monoisotopic (exact) mass is 201 g/mol. The van der Waals surface area contributed by atoms with E-state index in [1.807, 2.05) is 37.4 Å². The molecule has 1 aromatic carbocycles. The quantitative estimate of drug-likeness (QED) is 0.769. The number of rotatable bonds is 1. The minimum atomic E-state index is -0.793. The smallest absolute Gasteiger partial charge is 0.0840 e. The van der Waals surface area contributed by atoms with Gasteiger partial charge in [0.15, 0.2) is 0 Å². The molecule has 0 aliphatic rings. The van der Waals surface area contributed by atoms with Crippen molar-refractivity contribution in [3.63, 3.8) is 0 Å². The first-order valence-corrected chi connectivity index (χ1v) is 5.06. The summed E-state index contributed by atoms with van der Waals surface area (Å²) in [6, 6.07) is 8.02. The van der Waals surface area contributed by atoms with Crippen molar-refractivity contribution in [2.45, 2.75) is 26.4 Å². The van der Waals surface area contributed by atoms with Gasteiger partial charge >= 0.3 is 0 Å². The third kappa shape index (κ3) is 2.00. The van der Waals surface area contributed by atoms with Gasteiger partial charge in [0.2, 0.25) is 0 Å². The average Bonchev–Trinajstić information content (AvgIpc) is 2.15. The van der Waals surface area contributed by atoms with Crippen molar-refractivity contribution in [2.75, 3.05) is 0 Å². The van der Waals surface area contributed by atoms with Gasteiger partial charge in [-0.15, -0.1) is 0 Å². The van der Waals surface area contributed by atoms with Gasteiger partial charge in [-0.3, -0.25) is 4.98 Å². The summed E-state index contributed by atoms with van der Waals surface area (Å²) in [5.74, 6) is 0. The van der Waals surface area contributed by atoms with Crippen LogP contribution in [-0.4, -0.2) is 10.1 Å². The van der Waals surface area contributed by atoms with E-state index in [4.69, 9.17) is 0 Å². The number of aromatic nitrogens is 1. The van der Waals surface area contributed by atoms with Crippen molar-refractivity contribution in [1.29, 1.82) is 0 Å². The van der Waals surface area contributed by atoms with E-state index in [2.05, 4.69) is 4.98 Å². The average molecular weight is 201 g/mol. The number of fused-ring (bicyclic) bond motifs is 1.